The van der Waals surface area contributed by atoms with E-state index in [1.165, 1.54) is 7.11 Å². The Balaban J connectivity index is 2.65. The van der Waals surface area contributed by atoms with Crippen LogP contribution < -0.4 is 0 Å². The van der Waals surface area contributed by atoms with Gasteiger partial charge in [-0.25, -0.2) is 0 Å². The summed E-state index contributed by atoms with van der Waals surface area (Å²) >= 11 is 0. The smallest absolute Gasteiger partial charge is 0.184 e. The molecule has 0 radical (unpaired) electrons. The van der Waals surface area contributed by atoms with Gasteiger partial charge in [0, 0.05) is 7.11 Å². The summed E-state index contributed by atoms with van der Waals surface area (Å²) in [5.74, 6) is 0. The Labute approximate surface area is 70.5 Å². The molecule has 1 aliphatic heterocycles. The first kappa shape index (κ1) is 9.88. The Morgan fingerprint density at radius 2 is 1.75 bits per heavy atom. The molecule has 0 spiro atoms. The molecule has 0 aromatic rings. The van der Waals surface area contributed by atoms with Crippen LogP contribution in [-0.2, 0) is 9.47 Å². The van der Waals surface area contributed by atoms with Crippen LogP contribution in [0.4, 0.5) is 0 Å². The number of aliphatic hydroxyl groups is 3. The van der Waals surface area contributed by atoms with Crippen LogP contribution in [0.25, 0.3) is 0 Å². The van der Waals surface area contributed by atoms with Crippen molar-refractivity contribution in [1.29, 1.82) is 0 Å². The molecule has 5 atom stereocenters. The monoisotopic (exact) mass is 178 g/mol. The maximum absolute atomic E-state index is 9.36. The van der Waals surface area contributed by atoms with Crippen molar-refractivity contribution in [1.82, 2.24) is 0 Å². The predicted molar refractivity (Wildman–Crippen MR) is 39.4 cm³/mol. The number of aliphatic hydroxyl groups excluding tert-OH is 3. The van der Waals surface area contributed by atoms with E-state index < -0.39 is 30.7 Å². The van der Waals surface area contributed by atoms with E-state index in [9.17, 15) is 15.3 Å². The molecular weight excluding hydrogens is 164 g/mol. The molecular formula is C7H14O5. The maximum Gasteiger partial charge on any atom is 0.184 e. The predicted octanol–water partition coefficient (Wildman–Crippen LogP) is -1.54. The Morgan fingerprint density at radius 1 is 1.17 bits per heavy atom. The highest BCUT2D eigenvalue weighted by molar-refractivity contribution is 4.87. The van der Waals surface area contributed by atoms with Crippen LogP contribution >= 0.6 is 0 Å². The highest BCUT2D eigenvalue weighted by atomic mass is 16.7. The van der Waals surface area contributed by atoms with Crippen molar-refractivity contribution in [2.24, 2.45) is 0 Å². The molecule has 0 saturated carbocycles. The first-order valence-electron chi connectivity index (χ1n) is 3.80. The van der Waals surface area contributed by atoms with Crippen molar-refractivity contribution in [3.05, 3.63) is 0 Å². The zero-order valence-electron chi connectivity index (χ0n) is 7.04. The molecule has 5 nitrogen and oxygen atoms in total. The van der Waals surface area contributed by atoms with Gasteiger partial charge in [0.25, 0.3) is 0 Å². The summed E-state index contributed by atoms with van der Waals surface area (Å²) in [6.45, 7) is 1.57. The van der Waals surface area contributed by atoms with E-state index in [1.807, 2.05) is 0 Å². The Morgan fingerprint density at radius 3 is 2.25 bits per heavy atom. The number of hydrogen-bond donors (Lipinski definition) is 3. The highest BCUT2D eigenvalue weighted by Crippen LogP contribution is 2.20. The van der Waals surface area contributed by atoms with Gasteiger partial charge in [0.2, 0.25) is 0 Å². The second-order valence-electron chi connectivity index (χ2n) is 2.91. The van der Waals surface area contributed by atoms with Crippen molar-refractivity contribution in [3.8, 4) is 0 Å². The van der Waals surface area contributed by atoms with Crippen molar-refractivity contribution in [2.75, 3.05) is 7.11 Å². The maximum atomic E-state index is 9.36. The van der Waals surface area contributed by atoms with Crippen LogP contribution in [0.5, 0.6) is 0 Å². The summed E-state index contributed by atoms with van der Waals surface area (Å²) in [6, 6.07) is 0. The molecule has 0 bridgehead atoms. The lowest BCUT2D eigenvalue weighted by Crippen LogP contribution is -2.57. The van der Waals surface area contributed by atoms with E-state index in [4.69, 9.17) is 9.47 Å². The standard InChI is InChI=1S/C7H14O5/c1-3-4(8)5(9)6(11-2)7(10)12-3/h3-10H,1-2H3/t3-,4-,5+,6+,7?/m1/s1. The van der Waals surface area contributed by atoms with E-state index >= 15 is 0 Å². The third-order valence-electron chi connectivity index (χ3n) is 2.07. The fraction of sp³-hybridized carbons (Fsp3) is 1.00. The zero-order valence-corrected chi connectivity index (χ0v) is 7.04. The molecule has 1 aliphatic rings. The molecule has 0 aromatic heterocycles. The third kappa shape index (κ3) is 1.60. The summed E-state index contributed by atoms with van der Waals surface area (Å²) in [5.41, 5.74) is 0. The van der Waals surface area contributed by atoms with E-state index in [1.54, 1.807) is 6.92 Å². The van der Waals surface area contributed by atoms with E-state index in [2.05, 4.69) is 0 Å². The van der Waals surface area contributed by atoms with Gasteiger partial charge in [-0.3, -0.25) is 0 Å². The van der Waals surface area contributed by atoms with Gasteiger partial charge in [0.15, 0.2) is 6.29 Å². The minimum Gasteiger partial charge on any atom is -0.388 e. The average Bonchev–Trinajstić information content (AvgIpc) is 2.01. The number of methoxy groups -OCH3 is 1. The molecule has 0 amide bonds. The molecule has 1 rings (SSSR count). The third-order valence-corrected chi connectivity index (χ3v) is 2.07. The Hall–Kier alpha value is -0.200. The molecule has 1 heterocycles. The number of rotatable bonds is 1. The van der Waals surface area contributed by atoms with Gasteiger partial charge in [-0.1, -0.05) is 0 Å². The van der Waals surface area contributed by atoms with E-state index in [0.29, 0.717) is 0 Å². The quantitative estimate of drug-likeness (QED) is 0.453. The Bertz CT molecular complexity index is 151. The minimum absolute atomic E-state index is 0.582. The summed E-state index contributed by atoms with van der Waals surface area (Å²) in [4.78, 5) is 0. The zero-order chi connectivity index (χ0) is 9.30. The van der Waals surface area contributed by atoms with Gasteiger partial charge in [-0.2, -0.15) is 0 Å². The highest BCUT2D eigenvalue weighted by Gasteiger charge is 2.41. The fourth-order valence-electron chi connectivity index (χ4n) is 1.27. The number of hydrogen-bond acceptors (Lipinski definition) is 5. The topological polar surface area (TPSA) is 79.2 Å². The fourth-order valence-corrected chi connectivity index (χ4v) is 1.27. The molecule has 72 valence electrons. The van der Waals surface area contributed by atoms with Gasteiger partial charge in [0.05, 0.1) is 6.10 Å². The van der Waals surface area contributed by atoms with Crippen LogP contribution in [0.15, 0.2) is 0 Å². The van der Waals surface area contributed by atoms with Crippen LogP contribution in [0.1, 0.15) is 6.92 Å². The van der Waals surface area contributed by atoms with Crippen molar-refractivity contribution in [3.63, 3.8) is 0 Å². The SMILES string of the molecule is CO[C@@H]1C(O)O[C@H](C)[C@@H](O)[C@@H]1O. The second-order valence-corrected chi connectivity index (χ2v) is 2.91. The normalized spacial score (nSPS) is 49.2. The molecule has 0 aromatic carbocycles. The summed E-state index contributed by atoms with van der Waals surface area (Å²) < 4.78 is 9.64. The lowest BCUT2D eigenvalue weighted by molar-refractivity contribution is -0.283. The van der Waals surface area contributed by atoms with Gasteiger partial charge >= 0.3 is 0 Å². The van der Waals surface area contributed by atoms with Crippen molar-refractivity contribution < 1.29 is 24.8 Å². The largest absolute Gasteiger partial charge is 0.388 e. The molecule has 3 N–H and O–H groups in total. The molecule has 1 fully saturated rings. The first-order valence-corrected chi connectivity index (χ1v) is 3.80. The lowest BCUT2D eigenvalue weighted by Gasteiger charge is -2.38. The minimum atomic E-state index is -1.18. The van der Waals surface area contributed by atoms with Crippen LogP contribution in [0, 0.1) is 0 Å². The molecule has 1 unspecified atom stereocenters. The van der Waals surface area contributed by atoms with Gasteiger partial charge in [-0.15, -0.1) is 0 Å². The molecule has 0 aliphatic carbocycles. The van der Waals surface area contributed by atoms with Gasteiger partial charge in [0.1, 0.15) is 18.3 Å². The molecule has 12 heavy (non-hydrogen) atoms. The first-order chi connectivity index (χ1) is 5.57. The van der Waals surface area contributed by atoms with Crippen molar-refractivity contribution in [2.45, 2.75) is 37.6 Å². The lowest BCUT2D eigenvalue weighted by atomic mass is 10.00. The number of ether oxygens (including phenoxy) is 2. The molecule has 1 saturated heterocycles. The van der Waals surface area contributed by atoms with E-state index in [0.717, 1.165) is 0 Å². The van der Waals surface area contributed by atoms with E-state index in [-0.39, 0.29) is 0 Å². The van der Waals surface area contributed by atoms with Gasteiger partial charge in [-0.05, 0) is 6.92 Å². The van der Waals surface area contributed by atoms with Crippen LogP contribution in [0.2, 0.25) is 0 Å². The van der Waals surface area contributed by atoms with Crippen LogP contribution in [0.3, 0.4) is 0 Å². The molecule has 5 heteroatoms. The second kappa shape index (κ2) is 3.68. The summed E-state index contributed by atoms with van der Waals surface area (Å²) in [7, 11) is 1.34. The van der Waals surface area contributed by atoms with Crippen LogP contribution in [-0.4, -0.2) is 53.1 Å². The summed E-state index contributed by atoms with van der Waals surface area (Å²) in [5, 5.41) is 27.9. The Kier molecular flexibility index (Phi) is 3.03. The summed E-state index contributed by atoms with van der Waals surface area (Å²) in [6.07, 6.45) is -4.76. The van der Waals surface area contributed by atoms with Gasteiger partial charge < -0.3 is 24.8 Å². The average molecular weight is 178 g/mol. The van der Waals surface area contributed by atoms with Crippen molar-refractivity contribution >= 4 is 0 Å².